The summed E-state index contributed by atoms with van der Waals surface area (Å²) in [6.45, 7) is 12.3. The second kappa shape index (κ2) is 21.9. The van der Waals surface area contributed by atoms with Gasteiger partial charge in [0.05, 0.1) is 12.7 Å². The number of rotatable bonds is 3. The SMILES string of the molecule is CC(C)c1cn(C)nn1.CC(C)c1nnn(C)n1.CC(C)n1ccn(C)c1=O.O=C=O.O=C=O.O=C=O. The van der Waals surface area contributed by atoms with Crippen molar-refractivity contribution < 1.29 is 28.8 Å². The van der Waals surface area contributed by atoms with E-state index in [0.717, 1.165) is 11.5 Å². The van der Waals surface area contributed by atoms with Crippen molar-refractivity contribution in [1.29, 1.82) is 0 Å². The van der Waals surface area contributed by atoms with Gasteiger partial charge < -0.3 is 4.57 Å². The summed E-state index contributed by atoms with van der Waals surface area (Å²) in [6.07, 6.45) is 6.25. The van der Waals surface area contributed by atoms with E-state index in [4.69, 9.17) is 28.8 Å². The topological polar surface area (TPSA) is 204 Å². The highest BCUT2D eigenvalue weighted by Gasteiger charge is 2.03. The normalized spacial score (nSPS) is 8.76. The van der Waals surface area contributed by atoms with Crippen molar-refractivity contribution in [3.8, 4) is 0 Å². The van der Waals surface area contributed by atoms with Crippen molar-refractivity contribution in [2.24, 2.45) is 21.1 Å². The fourth-order valence-electron chi connectivity index (χ4n) is 2.03. The Balaban J connectivity index is -0.000000404. The van der Waals surface area contributed by atoms with Gasteiger partial charge in [0.15, 0.2) is 5.82 Å². The van der Waals surface area contributed by atoms with Gasteiger partial charge in [0.1, 0.15) is 0 Å². The summed E-state index contributed by atoms with van der Waals surface area (Å²) in [4.78, 5) is 61.4. The summed E-state index contributed by atoms with van der Waals surface area (Å²) in [6, 6.07) is 0.258. The van der Waals surface area contributed by atoms with Crippen LogP contribution in [0, 0.1) is 0 Å². The summed E-state index contributed by atoms with van der Waals surface area (Å²) in [7, 11) is 5.39. The molecule has 204 valence electrons. The first-order valence-electron chi connectivity index (χ1n) is 10.6. The van der Waals surface area contributed by atoms with E-state index in [9.17, 15) is 4.79 Å². The molecular weight excluding hydrogens is 490 g/mol. The average Bonchev–Trinajstić information content (AvgIpc) is 3.52. The lowest BCUT2D eigenvalue weighted by Crippen LogP contribution is -2.23. The first-order chi connectivity index (χ1) is 17.3. The molecule has 16 nitrogen and oxygen atoms in total. The lowest BCUT2D eigenvalue weighted by molar-refractivity contribution is -0.193. The van der Waals surface area contributed by atoms with Gasteiger partial charge in [-0.3, -0.25) is 9.25 Å². The van der Waals surface area contributed by atoms with Crippen molar-refractivity contribution in [2.75, 3.05) is 0 Å². The Morgan fingerprint density at radius 1 is 0.730 bits per heavy atom. The third-order valence-corrected chi connectivity index (χ3v) is 3.78. The maximum atomic E-state index is 11.1. The number of hydrogen-bond acceptors (Lipinski definition) is 12. The van der Waals surface area contributed by atoms with E-state index in [0.29, 0.717) is 11.8 Å². The van der Waals surface area contributed by atoms with Crippen molar-refractivity contribution in [1.82, 2.24) is 44.3 Å². The van der Waals surface area contributed by atoms with Gasteiger partial charge >= 0.3 is 24.1 Å². The van der Waals surface area contributed by atoms with Crippen LogP contribution in [0.2, 0.25) is 0 Å². The minimum atomic E-state index is 0.0509. The number of tetrazole rings is 1. The van der Waals surface area contributed by atoms with E-state index in [1.54, 1.807) is 40.3 Å². The van der Waals surface area contributed by atoms with Crippen LogP contribution in [0.1, 0.15) is 70.9 Å². The van der Waals surface area contributed by atoms with Crippen LogP contribution < -0.4 is 5.69 Å². The number of nitrogens with zero attached hydrogens (tertiary/aromatic N) is 9. The standard InChI is InChI=1S/C7H12N2O.C6H11N3.C5H10N4.3CO2/c1-6(2)9-5-4-8(3)7(9)10;1-5(2)6-4-9(3)8-7-6;1-4(2)5-6-8-9(3)7-5;3*2-1-3/h4-6H,1-3H3;4-5H,1-3H3;4H,1-3H3;;;. The zero-order chi connectivity index (χ0) is 29.6. The van der Waals surface area contributed by atoms with Crippen molar-refractivity contribution in [2.45, 2.75) is 59.4 Å². The molecule has 3 aromatic heterocycles. The summed E-state index contributed by atoms with van der Waals surface area (Å²) in [5.74, 6) is 1.66. The van der Waals surface area contributed by atoms with Crippen molar-refractivity contribution >= 4 is 18.5 Å². The third kappa shape index (κ3) is 18.4. The highest BCUT2D eigenvalue weighted by Crippen LogP contribution is 2.07. The number of carbonyl (C=O) groups excluding carboxylic acids is 6. The molecule has 16 heteroatoms. The minimum absolute atomic E-state index is 0.0509. The van der Waals surface area contributed by atoms with E-state index in [2.05, 4.69) is 39.6 Å². The van der Waals surface area contributed by atoms with Crippen LogP contribution in [0.4, 0.5) is 0 Å². The van der Waals surface area contributed by atoms with E-state index in [-0.39, 0.29) is 30.2 Å². The second-order valence-corrected chi connectivity index (χ2v) is 7.71. The lowest BCUT2D eigenvalue weighted by Gasteiger charge is -2.02. The van der Waals surface area contributed by atoms with Crippen LogP contribution in [-0.2, 0) is 49.9 Å². The molecule has 37 heavy (non-hydrogen) atoms. The van der Waals surface area contributed by atoms with Crippen LogP contribution in [0.3, 0.4) is 0 Å². The van der Waals surface area contributed by atoms with Gasteiger partial charge in [0.2, 0.25) is 0 Å². The molecule has 0 amide bonds. The molecule has 0 aliphatic heterocycles. The summed E-state index contributed by atoms with van der Waals surface area (Å²) < 4.78 is 4.98. The predicted octanol–water partition coefficient (Wildman–Crippen LogP) is 0.289. The fourth-order valence-corrected chi connectivity index (χ4v) is 2.03. The maximum absolute atomic E-state index is 11.1. The van der Waals surface area contributed by atoms with Crippen LogP contribution in [0.5, 0.6) is 0 Å². The lowest BCUT2D eigenvalue weighted by atomic mass is 10.2. The highest BCUT2D eigenvalue weighted by atomic mass is 16.2. The number of hydrogen-bond donors (Lipinski definition) is 0. The Morgan fingerprint density at radius 2 is 1.22 bits per heavy atom. The third-order valence-electron chi connectivity index (χ3n) is 3.78. The van der Waals surface area contributed by atoms with E-state index >= 15 is 0 Å². The van der Waals surface area contributed by atoms with Gasteiger partial charge in [-0.1, -0.05) is 32.9 Å². The Hall–Kier alpha value is -4.64. The maximum Gasteiger partial charge on any atom is 0.373 e. The number of imidazole rings is 1. The molecule has 0 saturated carbocycles. The van der Waals surface area contributed by atoms with Gasteiger partial charge in [-0.2, -0.15) is 33.6 Å². The van der Waals surface area contributed by atoms with Crippen LogP contribution in [0.15, 0.2) is 23.4 Å². The van der Waals surface area contributed by atoms with Crippen LogP contribution >= 0.6 is 0 Å². The quantitative estimate of drug-likeness (QED) is 0.454. The molecule has 0 bridgehead atoms. The molecular formula is C21H33N9O7. The van der Waals surface area contributed by atoms with Gasteiger partial charge in [-0.15, -0.1) is 15.3 Å². The number of aryl methyl sites for hydroxylation is 3. The van der Waals surface area contributed by atoms with Crippen LogP contribution in [0.25, 0.3) is 0 Å². The molecule has 0 spiro atoms. The molecule has 0 aliphatic carbocycles. The molecule has 0 unspecified atom stereocenters. The molecule has 0 saturated heterocycles. The largest absolute Gasteiger partial charge is 0.373 e. The Bertz CT molecular complexity index is 1080. The highest BCUT2D eigenvalue weighted by molar-refractivity contribution is 5.20. The van der Waals surface area contributed by atoms with E-state index in [1.165, 1.54) is 4.80 Å². The van der Waals surface area contributed by atoms with Gasteiger partial charge in [-0.25, -0.2) is 4.79 Å². The first kappa shape index (κ1) is 36.9. The molecule has 3 aromatic rings. The first-order valence-corrected chi connectivity index (χ1v) is 10.6. The van der Waals surface area contributed by atoms with Crippen LogP contribution in [-0.4, -0.2) is 62.8 Å². The number of aromatic nitrogens is 9. The second-order valence-electron chi connectivity index (χ2n) is 7.71. The van der Waals surface area contributed by atoms with Crippen molar-refractivity contribution in [3.63, 3.8) is 0 Å². The molecule has 0 radical (unpaired) electrons. The average molecular weight is 524 g/mol. The zero-order valence-electron chi connectivity index (χ0n) is 22.3. The molecule has 0 fully saturated rings. The Morgan fingerprint density at radius 3 is 1.38 bits per heavy atom. The smallest absolute Gasteiger partial charge is 0.302 e. The zero-order valence-corrected chi connectivity index (χ0v) is 22.3. The predicted molar refractivity (Wildman–Crippen MR) is 123 cm³/mol. The summed E-state index contributed by atoms with van der Waals surface area (Å²) in [5.41, 5.74) is 1.10. The minimum Gasteiger partial charge on any atom is -0.302 e. The Labute approximate surface area is 213 Å². The molecule has 0 aliphatic rings. The van der Waals surface area contributed by atoms with Crippen molar-refractivity contribution in [3.05, 3.63) is 40.6 Å². The molecule has 0 atom stereocenters. The fraction of sp³-hybridized carbons (Fsp3) is 0.571. The monoisotopic (exact) mass is 523 g/mol. The molecule has 0 N–H and O–H groups in total. The van der Waals surface area contributed by atoms with Gasteiger partial charge in [0, 0.05) is 44.6 Å². The van der Waals surface area contributed by atoms with E-state index in [1.807, 2.05) is 40.9 Å². The Kier molecular flexibility index (Phi) is 21.8. The van der Waals surface area contributed by atoms with E-state index < -0.39 is 0 Å². The molecule has 3 heterocycles. The summed E-state index contributed by atoms with van der Waals surface area (Å²) >= 11 is 0. The van der Waals surface area contributed by atoms with Gasteiger partial charge in [0.25, 0.3) is 0 Å². The molecule has 3 rings (SSSR count). The molecule has 0 aromatic carbocycles. The summed E-state index contributed by atoms with van der Waals surface area (Å²) in [5, 5.41) is 19.2. The van der Waals surface area contributed by atoms with Gasteiger partial charge in [-0.05, 0) is 25.0 Å².